The van der Waals surface area contributed by atoms with Crippen molar-refractivity contribution in [2.75, 3.05) is 0 Å². The highest BCUT2D eigenvalue weighted by atomic mass is 16.3. The van der Waals surface area contributed by atoms with E-state index in [0.29, 0.717) is 22.9 Å². The number of aromatic hydroxyl groups is 1. The molecule has 2 rings (SSSR count). The van der Waals surface area contributed by atoms with Gasteiger partial charge in [0, 0.05) is 11.1 Å². The Balaban J connectivity index is 2.61. The second-order valence-corrected chi connectivity index (χ2v) is 5.26. The predicted octanol–water partition coefficient (Wildman–Crippen LogP) is 1.47. The summed E-state index contributed by atoms with van der Waals surface area (Å²) in [5, 5.41) is 9.79. The van der Waals surface area contributed by atoms with Gasteiger partial charge in [0.2, 0.25) is 0 Å². The molecule has 0 aliphatic rings. The first-order chi connectivity index (χ1) is 8.29. The average Bonchev–Trinajstić information content (AvgIpc) is 2.57. The third-order valence-electron chi connectivity index (χ3n) is 2.62. The number of aryl methyl sites for hydroxylation is 1. The molecule has 6 nitrogen and oxygen atoms in total. The second-order valence-electron chi connectivity index (χ2n) is 5.26. The Kier molecular flexibility index (Phi) is 2.73. The predicted molar refractivity (Wildman–Crippen MR) is 67.5 cm³/mol. The lowest BCUT2D eigenvalue weighted by molar-refractivity contribution is 0.435. The largest absolute Gasteiger partial charge is 0.504 e. The highest BCUT2D eigenvalue weighted by Crippen LogP contribution is 2.29. The normalized spacial score (nSPS) is 11.8. The Morgan fingerprint density at radius 1 is 1.28 bits per heavy atom. The van der Waals surface area contributed by atoms with Crippen LogP contribution in [0.5, 0.6) is 5.75 Å². The molecule has 2 aromatic heterocycles. The minimum Gasteiger partial charge on any atom is -0.504 e. The maximum absolute atomic E-state index is 11.2. The van der Waals surface area contributed by atoms with Gasteiger partial charge in [-0.1, -0.05) is 20.8 Å². The summed E-state index contributed by atoms with van der Waals surface area (Å²) in [6.07, 6.45) is 1.35. The highest BCUT2D eigenvalue weighted by Gasteiger charge is 2.22. The van der Waals surface area contributed by atoms with Gasteiger partial charge in [-0.2, -0.15) is 0 Å². The van der Waals surface area contributed by atoms with E-state index in [1.165, 1.54) is 6.20 Å². The zero-order chi connectivity index (χ0) is 13.5. The maximum Gasteiger partial charge on any atom is 0.323 e. The van der Waals surface area contributed by atoms with Crippen LogP contribution in [0.15, 0.2) is 11.0 Å². The van der Waals surface area contributed by atoms with E-state index >= 15 is 0 Å². The van der Waals surface area contributed by atoms with Crippen molar-refractivity contribution < 1.29 is 5.11 Å². The Morgan fingerprint density at radius 3 is 2.44 bits per heavy atom. The van der Waals surface area contributed by atoms with Crippen molar-refractivity contribution in [2.24, 2.45) is 0 Å². The number of aromatic nitrogens is 4. The number of nitrogens with one attached hydrogen (secondary N) is 2. The van der Waals surface area contributed by atoms with Gasteiger partial charge in [-0.3, -0.25) is 0 Å². The Morgan fingerprint density at radius 2 is 1.94 bits per heavy atom. The fraction of sp³-hybridized carbons (Fsp3) is 0.417. The van der Waals surface area contributed by atoms with E-state index in [2.05, 4.69) is 19.9 Å². The summed E-state index contributed by atoms with van der Waals surface area (Å²) in [4.78, 5) is 24.9. The van der Waals surface area contributed by atoms with Crippen LogP contribution in [0.2, 0.25) is 0 Å². The van der Waals surface area contributed by atoms with Gasteiger partial charge in [0.05, 0.1) is 11.9 Å². The molecule has 0 amide bonds. The molecule has 96 valence electrons. The van der Waals surface area contributed by atoms with Crippen LogP contribution < -0.4 is 5.69 Å². The zero-order valence-electron chi connectivity index (χ0n) is 10.8. The van der Waals surface area contributed by atoms with Crippen molar-refractivity contribution >= 4 is 0 Å². The topological polar surface area (TPSA) is 94.7 Å². The Bertz CT molecular complexity index is 634. The van der Waals surface area contributed by atoms with E-state index in [1.807, 2.05) is 20.8 Å². The van der Waals surface area contributed by atoms with E-state index < -0.39 is 0 Å². The molecule has 0 unspecified atom stereocenters. The average molecular weight is 248 g/mol. The molecule has 0 bridgehead atoms. The quantitative estimate of drug-likeness (QED) is 0.712. The fourth-order valence-electron chi connectivity index (χ4n) is 1.74. The first-order valence-electron chi connectivity index (χ1n) is 5.65. The van der Waals surface area contributed by atoms with Gasteiger partial charge in [0.25, 0.3) is 0 Å². The molecule has 18 heavy (non-hydrogen) atoms. The molecule has 0 fully saturated rings. The van der Waals surface area contributed by atoms with Gasteiger partial charge >= 0.3 is 5.69 Å². The summed E-state index contributed by atoms with van der Waals surface area (Å²) in [6, 6.07) is 0. The molecule has 6 heteroatoms. The molecule has 0 atom stereocenters. The molecule has 0 radical (unpaired) electrons. The highest BCUT2D eigenvalue weighted by molar-refractivity contribution is 5.53. The van der Waals surface area contributed by atoms with Crippen LogP contribution in [0, 0.1) is 6.92 Å². The molecule has 0 spiro atoms. The van der Waals surface area contributed by atoms with Crippen LogP contribution in [0.25, 0.3) is 11.5 Å². The van der Waals surface area contributed by atoms with Gasteiger partial charge in [0.1, 0.15) is 5.69 Å². The molecule has 3 N–H and O–H groups in total. The number of hydrogen-bond donors (Lipinski definition) is 3. The SMILES string of the molecule is Cc1[nH]c(=O)[nH]c1-c1ncc(O)c(C(C)(C)C)n1. The number of nitrogens with zero attached hydrogens (tertiary/aromatic N) is 2. The van der Waals surface area contributed by atoms with Gasteiger partial charge in [-0.15, -0.1) is 0 Å². The Hall–Kier alpha value is -2.11. The standard InChI is InChI=1S/C12H16N4O2/c1-6-8(15-11(18)14-6)10-13-5-7(17)9(16-10)12(2,3)4/h5,17H,1-4H3,(H2,14,15,18). The number of imidazole rings is 1. The maximum atomic E-state index is 11.2. The summed E-state index contributed by atoms with van der Waals surface area (Å²) in [6.45, 7) is 7.61. The van der Waals surface area contributed by atoms with Crippen molar-refractivity contribution in [1.82, 2.24) is 19.9 Å². The van der Waals surface area contributed by atoms with E-state index in [0.717, 1.165) is 0 Å². The third-order valence-corrected chi connectivity index (χ3v) is 2.62. The fourth-order valence-corrected chi connectivity index (χ4v) is 1.74. The molecule has 0 aliphatic heterocycles. The summed E-state index contributed by atoms with van der Waals surface area (Å²) in [5.74, 6) is 0.454. The van der Waals surface area contributed by atoms with Crippen molar-refractivity contribution in [2.45, 2.75) is 33.1 Å². The Labute approximate surface area is 104 Å². The number of aromatic amines is 2. The van der Waals surface area contributed by atoms with Gasteiger partial charge in [-0.05, 0) is 6.92 Å². The molecule has 2 heterocycles. The van der Waals surface area contributed by atoms with Crippen LogP contribution in [0.3, 0.4) is 0 Å². The summed E-state index contributed by atoms with van der Waals surface area (Å²) in [5.41, 5.74) is 1.17. The summed E-state index contributed by atoms with van der Waals surface area (Å²) in [7, 11) is 0. The van der Waals surface area contributed by atoms with Gasteiger partial charge < -0.3 is 15.1 Å². The minimum absolute atomic E-state index is 0.0572. The van der Waals surface area contributed by atoms with E-state index in [-0.39, 0.29) is 16.9 Å². The summed E-state index contributed by atoms with van der Waals surface area (Å²) >= 11 is 0. The van der Waals surface area contributed by atoms with Crippen molar-refractivity contribution in [3.63, 3.8) is 0 Å². The third kappa shape index (κ3) is 2.13. The lowest BCUT2D eigenvalue weighted by Gasteiger charge is -2.19. The number of hydrogen-bond acceptors (Lipinski definition) is 4. The van der Waals surface area contributed by atoms with Crippen LogP contribution in [-0.2, 0) is 5.41 Å². The van der Waals surface area contributed by atoms with Crippen LogP contribution in [0.1, 0.15) is 32.2 Å². The first-order valence-corrected chi connectivity index (χ1v) is 5.65. The van der Waals surface area contributed by atoms with E-state index in [1.54, 1.807) is 6.92 Å². The summed E-state index contributed by atoms with van der Waals surface area (Å²) < 4.78 is 0. The molecular formula is C12H16N4O2. The molecule has 0 saturated carbocycles. The van der Waals surface area contributed by atoms with Crippen LogP contribution in [-0.4, -0.2) is 25.0 Å². The van der Waals surface area contributed by atoms with E-state index in [9.17, 15) is 9.90 Å². The number of H-pyrrole nitrogens is 2. The van der Waals surface area contributed by atoms with Crippen molar-refractivity contribution in [3.8, 4) is 17.3 Å². The number of rotatable bonds is 1. The van der Waals surface area contributed by atoms with Crippen molar-refractivity contribution in [1.29, 1.82) is 0 Å². The second kappa shape index (κ2) is 3.97. The lowest BCUT2D eigenvalue weighted by Crippen LogP contribution is -2.15. The first kappa shape index (κ1) is 12.3. The van der Waals surface area contributed by atoms with Gasteiger partial charge in [-0.25, -0.2) is 14.8 Å². The van der Waals surface area contributed by atoms with Crippen LogP contribution in [0.4, 0.5) is 0 Å². The minimum atomic E-state index is -0.299. The molecule has 0 aliphatic carbocycles. The van der Waals surface area contributed by atoms with Crippen molar-refractivity contribution in [3.05, 3.63) is 28.1 Å². The van der Waals surface area contributed by atoms with Crippen LogP contribution >= 0.6 is 0 Å². The van der Waals surface area contributed by atoms with Gasteiger partial charge in [0.15, 0.2) is 11.6 Å². The monoisotopic (exact) mass is 248 g/mol. The molecule has 2 aromatic rings. The smallest absolute Gasteiger partial charge is 0.323 e. The molecule has 0 saturated heterocycles. The lowest BCUT2D eigenvalue weighted by atomic mass is 9.91. The zero-order valence-corrected chi connectivity index (χ0v) is 10.8. The molecular weight excluding hydrogens is 232 g/mol. The van der Waals surface area contributed by atoms with E-state index in [4.69, 9.17) is 0 Å². The molecule has 0 aromatic carbocycles.